The zero-order valence-electron chi connectivity index (χ0n) is 13.3. The van der Waals surface area contributed by atoms with Gasteiger partial charge in [0.1, 0.15) is 5.00 Å². The molecule has 0 unspecified atom stereocenters. The predicted octanol–water partition coefficient (Wildman–Crippen LogP) is 4.27. The summed E-state index contributed by atoms with van der Waals surface area (Å²) in [5.41, 5.74) is 2.77. The molecule has 1 N–H and O–H groups in total. The number of aryl methyl sites for hydroxylation is 2. The molecule has 1 aromatic carbocycles. The SMILES string of the molecule is CCOC(=O)c1ccsc1NC(=O)CSc1ccc(C)cc1C. The van der Waals surface area contributed by atoms with E-state index in [4.69, 9.17) is 4.74 Å². The molecule has 0 saturated heterocycles. The number of nitrogens with one attached hydrogen (secondary N) is 1. The van der Waals surface area contributed by atoms with Crippen molar-refractivity contribution in [2.75, 3.05) is 17.7 Å². The molecule has 0 fully saturated rings. The van der Waals surface area contributed by atoms with Crippen LogP contribution in [0, 0.1) is 13.8 Å². The van der Waals surface area contributed by atoms with Crippen LogP contribution in [0.5, 0.6) is 0 Å². The highest BCUT2D eigenvalue weighted by atomic mass is 32.2. The number of carbonyl (C=O) groups excluding carboxylic acids is 2. The Kier molecular flexibility index (Phi) is 6.24. The largest absolute Gasteiger partial charge is 0.462 e. The molecule has 122 valence electrons. The molecule has 0 aliphatic carbocycles. The lowest BCUT2D eigenvalue weighted by Crippen LogP contribution is -2.16. The summed E-state index contributed by atoms with van der Waals surface area (Å²) in [5, 5.41) is 5.09. The number of carbonyl (C=O) groups is 2. The maximum atomic E-state index is 12.1. The van der Waals surface area contributed by atoms with Gasteiger partial charge in [-0.25, -0.2) is 4.79 Å². The van der Waals surface area contributed by atoms with Gasteiger partial charge < -0.3 is 10.1 Å². The summed E-state index contributed by atoms with van der Waals surface area (Å²) in [6.07, 6.45) is 0. The first-order chi connectivity index (χ1) is 11.0. The van der Waals surface area contributed by atoms with Gasteiger partial charge in [0, 0.05) is 4.90 Å². The smallest absolute Gasteiger partial charge is 0.341 e. The van der Waals surface area contributed by atoms with Crippen molar-refractivity contribution in [1.82, 2.24) is 0 Å². The van der Waals surface area contributed by atoms with E-state index in [0.29, 0.717) is 22.9 Å². The third kappa shape index (κ3) is 4.84. The number of benzene rings is 1. The molecule has 0 spiro atoms. The molecule has 0 saturated carbocycles. The third-order valence-corrected chi connectivity index (χ3v) is 5.11. The number of thiophene rings is 1. The zero-order valence-corrected chi connectivity index (χ0v) is 15.0. The first-order valence-electron chi connectivity index (χ1n) is 7.25. The minimum absolute atomic E-state index is 0.136. The van der Waals surface area contributed by atoms with Crippen LogP contribution in [0.2, 0.25) is 0 Å². The van der Waals surface area contributed by atoms with Crippen molar-refractivity contribution >= 4 is 40.0 Å². The number of rotatable bonds is 6. The lowest BCUT2D eigenvalue weighted by atomic mass is 10.2. The van der Waals surface area contributed by atoms with Gasteiger partial charge in [0.25, 0.3) is 0 Å². The van der Waals surface area contributed by atoms with E-state index in [1.807, 2.05) is 26.0 Å². The summed E-state index contributed by atoms with van der Waals surface area (Å²) >= 11 is 2.80. The van der Waals surface area contributed by atoms with Crippen LogP contribution in [0.15, 0.2) is 34.5 Å². The van der Waals surface area contributed by atoms with Gasteiger partial charge in [0.05, 0.1) is 17.9 Å². The Bertz CT molecular complexity index is 710. The zero-order chi connectivity index (χ0) is 16.8. The van der Waals surface area contributed by atoms with Crippen LogP contribution in [-0.4, -0.2) is 24.2 Å². The number of hydrogen-bond donors (Lipinski definition) is 1. The molecule has 0 aliphatic rings. The summed E-state index contributed by atoms with van der Waals surface area (Å²) in [5.74, 6) is -0.251. The van der Waals surface area contributed by atoms with E-state index in [1.54, 1.807) is 18.4 Å². The first kappa shape index (κ1) is 17.6. The fourth-order valence-corrected chi connectivity index (χ4v) is 3.64. The highest BCUT2D eigenvalue weighted by Gasteiger charge is 2.16. The van der Waals surface area contributed by atoms with Gasteiger partial charge in [-0.15, -0.1) is 23.1 Å². The summed E-state index contributed by atoms with van der Waals surface area (Å²) in [7, 11) is 0. The lowest BCUT2D eigenvalue weighted by Gasteiger charge is -2.08. The van der Waals surface area contributed by atoms with Crippen LogP contribution in [0.1, 0.15) is 28.4 Å². The van der Waals surface area contributed by atoms with E-state index in [0.717, 1.165) is 10.5 Å². The second kappa shape index (κ2) is 8.17. The minimum atomic E-state index is -0.411. The topological polar surface area (TPSA) is 55.4 Å². The molecule has 23 heavy (non-hydrogen) atoms. The quantitative estimate of drug-likeness (QED) is 0.625. The average Bonchev–Trinajstić information content (AvgIpc) is 2.94. The molecule has 0 radical (unpaired) electrons. The first-order valence-corrected chi connectivity index (χ1v) is 9.12. The van der Waals surface area contributed by atoms with Crippen molar-refractivity contribution in [1.29, 1.82) is 0 Å². The molecule has 6 heteroatoms. The molecule has 1 aromatic heterocycles. The second-order valence-electron chi connectivity index (χ2n) is 4.99. The van der Waals surface area contributed by atoms with Crippen LogP contribution in [-0.2, 0) is 9.53 Å². The van der Waals surface area contributed by atoms with E-state index in [-0.39, 0.29) is 5.91 Å². The number of ether oxygens (including phenoxy) is 1. The van der Waals surface area contributed by atoms with Crippen molar-refractivity contribution in [3.8, 4) is 0 Å². The summed E-state index contributed by atoms with van der Waals surface area (Å²) in [4.78, 5) is 25.0. The van der Waals surface area contributed by atoms with Crippen LogP contribution >= 0.6 is 23.1 Å². The predicted molar refractivity (Wildman–Crippen MR) is 95.5 cm³/mol. The van der Waals surface area contributed by atoms with Gasteiger partial charge in [-0.2, -0.15) is 0 Å². The summed E-state index contributed by atoms with van der Waals surface area (Å²) in [6, 6.07) is 7.82. The maximum absolute atomic E-state index is 12.1. The Morgan fingerprint density at radius 1 is 1.26 bits per heavy atom. The molecule has 2 rings (SSSR count). The van der Waals surface area contributed by atoms with Gasteiger partial charge in [-0.1, -0.05) is 17.7 Å². The monoisotopic (exact) mass is 349 g/mol. The van der Waals surface area contributed by atoms with Gasteiger partial charge in [-0.05, 0) is 43.8 Å². The Morgan fingerprint density at radius 3 is 2.74 bits per heavy atom. The van der Waals surface area contributed by atoms with Crippen molar-refractivity contribution < 1.29 is 14.3 Å². The highest BCUT2D eigenvalue weighted by Crippen LogP contribution is 2.26. The van der Waals surface area contributed by atoms with Crippen LogP contribution < -0.4 is 5.32 Å². The summed E-state index contributed by atoms with van der Waals surface area (Å²) < 4.78 is 4.98. The molecule has 4 nitrogen and oxygen atoms in total. The van der Waals surface area contributed by atoms with E-state index >= 15 is 0 Å². The van der Waals surface area contributed by atoms with Crippen molar-refractivity contribution in [2.45, 2.75) is 25.7 Å². The fourth-order valence-electron chi connectivity index (χ4n) is 2.04. The molecular weight excluding hydrogens is 330 g/mol. The van der Waals surface area contributed by atoms with Crippen LogP contribution in [0.3, 0.4) is 0 Å². The number of esters is 1. The third-order valence-electron chi connectivity index (χ3n) is 3.10. The number of amides is 1. The number of hydrogen-bond acceptors (Lipinski definition) is 5. The standard InChI is InChI=1S/C17H19NO3S2/c1-4-21-17(20)13-7-8-22-16(13)18-15(19)10-23-14-6-5-11(2)9-12(14)3/h5-9H,4,10H2,1-3H3,(H,18,19). The molecule has 0 bridgehead atoms. The van der Waals surface area contributed by atoms with E-state index in [1.165, 1.54) is 28.7 Å². The van der Waals surface area contributed by atoms with E-state index in [2.05, 4.69) is 11.4 Å². The Balaban J connectivity index is 1.95. The summed E-state index contributed by atoms with van der Waals surface area (Å²) in [6.45, 7) is 6.14. The normalized spacial score (nSPS) is 10.4. The van der Waals surface area contributed by atoms with E-state index < -0.39 is 5.97 Å². The van der Waals surface area contributed by atoms with Gasteiger partial charge >= 0.3 is 5.97 Å². The number of anilines is 1. The minimum Gasteiger partial charge on any atom is -0.462 e. The Hall–Kier alpha value is -1.79. The van der Waals surface area contributed by atoms with Crippen LogP contribution in [0.4, 0.5) is 5.00 Å². The Morgan fingerprint density at radius 2 is 2.04 bits per heavy atom. The number of thioether (sulfide) groups is 1. The lowest BCUT2D eigenvalue weighted by molar-refractivity contribution is -0.113. The molecule has 1 heterocycles. The van der Waals surface area contributed by atoms with Crippen LogP contribution in [0.25, 0.3) is 0 Å². The van der Waals surface area contributed by atoms with Crippen molar-refractivity contribution in [3.05, 3.63) is 46.3 Å². The Labute approximate surface area is 144 Å². The van der Waals surface area contributed by atoms with E-state index in [9.17, 15) is 9.59 Å². The molecule has 0 atom stereocenters. The molecule has 2 aromatic rings. The van der Waals surface area contributed by atoms with Gasteiger partial charge in [0.2, 0.25) is 5.91 Å². The van der Waals surface area contributed by atoms with Crippen molar-refractivity contribution in [2.24, 2.45) is 0 Å². The highest BCUT2D eigenvalue weighted by molar-refractivity contribution is 8.00. The van der Waals surface area contributed by atoms with Gasteiger partial charge in [0.15, 0.2) is 0 Å². The second-order valence-corrected chi connectivity index (χ2v) is 6.92. The van der Waals surface area contributed by atoms with Crippen molar-refractivity contribution in [3.63, 3.8) is 0 Å². The maximum Gasteiger partial charge on any atom is 0.341 e. The van der Waals surface area contributed by atoms with Gasteiger partial charge in [-0.3, -0.25) is 4.79 Å². The molecule has 1 amide bonds. The molecule has 0 aliphatic heterocycles. The average molecular weight is 349 g/mol. The molecular formula is C17H19NO3S2. The fraction of sp³-hybridized carbons (Fsp3) is 0.294.